The van der Waals surface area contributed by atoms with Crippen LogP contribution in [0.15, 0.2) is 59.4 Å². The summed E-state index contributed by atoms with van der Waals surface area (Å²) in [7, 11) is 0. The maximum Gasteiger partial charge on any atom is 0.257 e. The van der Waals surface area contributed by atoms with E-state index in [9.17, 15) is 4.79 Å². The van der Waals surface area contributed by atoms with Gasteiger partial charge in [0.15, 0.2) is 0 Å². The lowest BCUT2D eigenvalue weighted by molar-refractivity contribution is 0.0687. The molecule has 1 amide bonds. The van der Waals surface area contributed by atoms with Gasteiger partial charge in [-0.1, -0.05) is 24.3 Å². The molecule has 1 aromatic carbocycles. The number of aromatic nitrogens is 1. The Morgan fingerprint density at radius 3 is 2.73 bits per heavy atom. The molecule has 0 aliphatic heterocycles. The predicted molar refractivity (Wildman–Crippen MR) is 85.5 cm³/mol. The Labute approximate surface area is 129 Å². The minimum absolute atomic E-state index is 0.0429. The smallest absolute Gasteiger partial charge is 0.257 e. The fourth-order valence-electron chi connectivity index (χ4n) is 2.41. The van der Waals surface area contributed by atoms with Crippen LogP contribution in [0.2, 0.25) is 0 Å². The predicted octanol–water partition coefficient (Wildman–Crippen LogP) is 3.88. The van der Waals surface area contributed by atoms with Gasteiger partial charge >= 0.3 is 0 Å². The number of fused-ring (bicyclic) bond motifs is 1. The number of hydrogen-bond donors (Lipinski definition) is 0. The van der Waals surface area contributed by atoms with Crippen molar-refractivity contribution in [1.82, 2.24) is 9.88 Å². The van der Waals surface area contributed by atoms with Gasteiger partial charge in [-0.3, -0.25) is 9.78 Å². The highest BCUT2D eigenvalue weighted by molar-refractivity contribution is 5.94. The third kappa shape index (κ3) is 2.86. The molecule has 0 aliphatic carbocycles. The van der Waals surface area contributed by atoms with E-state index in [1.807, 2.05) is 50.2 Å². The topological polar surface area (TPSA) is 46.3 Å². The molecule has 22 heavy (non-hydrogen) atoms. The molecule has 4 nitrogen and oxygen atoms in total. The number of para-hydroxylation sites is 1. The van der Waals surface area contributed by atoms with E-state index in [0.29, 0.717) is 12.1 Å². The molecule has 112 valence electrons. The first-order valence-corrected chi connectivity index (χ1v) is 7.33. The summed E-state index contributed by atoms with van der Waals surface area (Å²) < 4.78 is 5.01. The Hall–Kier alpha value is -2.62. The van der Waals surface area contributed by atoms with Crippen LogP contribution in [-0.2, 0) is 6.54 Å². The van der Waals surface area contributed by atoms with Gasteiger partial charge in [0.05, 0.1) is 29.6 Å². The van der Waals surface area contributed by atoms with Crippen LogP contribution in [0.1, 0.15) is 29.9 Å². The van der Waals surface area contributed by atoms with E-state index in [0.717, 1.165) is 16.6 Å². The van der Waals surface area contributed by atoms with Crippen molar-refractivity contribution in [1.29, 1.82) is 0 Å². The first kappa shape index (κ1) is 14.3. The van der Waals surface area contributed by atoms with Crippen molar-refractivity contribution in [3.05, 3.63) is 66.2 Å². The van der Waals surface area contributed by atoms with Crippen LogP contribution in [0.3, 0.4) is 0 Å². The summed E-state index contributed by atoms with van der Waals surface area (Å²) in [4.78, 5) is 19.0. The normalized spacial score (nSPS) is 11.0. The third-order valence-electron chi connectivity index (χ3n) is 3.64. The average molecular weight is 294 g/mol. The Morgan fingerprint density at radius 2 is 2.00 bits per heavy atom. The molecule has 0 atom stereocenters. The Kier molecular flexibility index (Phi) is 3.92. The van der Waals surface area contributed by atoms with Crippen LogP contribution in [-0.4, -0.2) is 21.8 Å². The number of carbonyl (C=O) groups is 1. The highest BCUT2D eigenvalue weighted by Crippen LogP contribution is 2.16. The summed E-state index contributed by atoms with van der Waals surface area (Å²) in [5.41, 5.74) is 2.39. The highest BCUT2D eigenvalue weighted by Gasteiger charge is 2.20. The Balaban J connectivity index is 1.87. The number of nitrogens with zero attached hydrogens (tertiary/aromatic N) is 2. The SMILES string of the molecule is CC(C)N(Cc1ccc2ccccc2n1)C(=O)c1ccoc1. The largest absolute Gasteiger partial charge is 0.472 e. The number of amides is 1. The molecular weight excluding hydrogens is 276 g/mol. The molecule has 0 N–H and O–H groups in total. The lowest BCUT2D eigenvalue weighted by Crippen LogP contribution is -2.36. The second kappa shape index (κ2) is 6.02. The van der Waals surface area contributed by atoms with Gasteiger partial charge in [0.25, 0.3) is 5.91 Å². The van der Waals surface area contributed by atoms with Gasteiger partial charge in [0, 0.05) is 11.4 Å². The zero-order valence-electron chi connectivity index (χ0n) is 12.7. The minimum Gasteiger partial charge on any atom is -0.472 e. The van der Waals surface area contributed by atoms with Crippen LogP contribution < -0.4 is 0 Å². The van der Waals surface area contributed by atoms with E-state index in [-0.39, 0.29) is 11.9 Å². The number of furan rings is 1. The van der Waals surface area contributed by atoms with E-state index in [4.69, 9.17) is 4.42 Å². The van der Waals surface area contributed by atoms with Gasteiger partial charge in [-0.2, -0.15) is 0 Å². The second-order valence-electron chi connectivity index (χ2n) is 5.53. The van der Waals surface area contributed by atoms with Crippen LogP contribution in [0.5, 0.6) is 0 Å². The number of pyridine rings is 1. The summed E-state index contributed by atoms with van der Waals surface area (Å²) in [6.45, 7) is 4.48. The number of carbonyl (C=O) groups excluding carboxylic acids is 1. The van der Waals surface area contributed by atoms with Crippen molar-refractivity contribution in [2.75, 3.05) is 0 Å². The van der Waals surface area contributed by atoms with Crippen molar-refractivity contribution in [2.45, 2.75) is 26.4 Å². The van der Waals surface area contributed by atoms with Crippen molar-refractivity contribution in [3.63, 3.8) is 0 Å². The summed E-state index contributed by atoms with van der Waals surface area (Å²) in [5, 5.41) is 1.10. The first-order valence-electron chi connectivity index (χ1n) is 7.33. The fourth-order valence-corrected chi connectivity index (χ4v) is 2.41. The molecule has 3 aromatic rings. The fraction of sp³-hybridized carbons (Fsp3) is 0.222. The van der Waals surface area contributed by atoms with Gasteiger partial charge in [-0.05, 0) is 32.0 Å². The summed E-state index contributed by atoms with van der Waals surface area (Å²) in [6, 6.07) is 13.8. The molecule has 3 rings (SSSR count). The highest BCUT2D eigenvalue weighted by atomic mass is 16.3. The van der Waals surface area contributed by atoms with Crippen LogP contribution in [0, 0.1) is 0 Å². The van der Waals surface area contributed by atoms with Gasteiger partial charge in [-0.15, -0.1) is 0 Å². The molecule has 0 saturated heterocycles. The van der Waals surface area contributed by atoms with Crippen molar-refractivity contribution >= 4 is 16.8 Å². The first-order chi connectivity index (χ1) is 10.6. The van der Waals surface area contributed by atoms with E-state index in [2.05, 4.69) is 4.98 Å². The molecule has 0 radical (unpaired) electrons. The van der Waals surface area contributed by atoms with Crippen molar-refractivity contribution < 1.29 is 9.21 Å². The monoisotopic (exact) mass is 294 g/mol. The standard InChI is InChI=1S/C18H18N2O2/c1-13(2)20(18(21)15-9-10-22-12-15)11-16-8-7-14-5-3-4-6-17(14)19-16/h3-10,12-13H,11H2,1-2H3. The maximum absolute atomic E-state index is 12.6. The molecule has 0 unspecified atom stereocenters. The van der Waals surface area contributed by atoms with Crippen LogP contribution >= 0.6 is 0 Å². The van der Waals surface area contributed by atoms with Gasteiger partial charge in [0.2, 0.25) is 0 Å². The van der Waals surface area contributed by atoms with E-state index < -0.39 is 0 Å². The number of benzene rings is 1. The number of rotatable bonds is 4. The molecular formula is C18H18N2O2. The molecule has 0 aliphatic rings. The molecule has 0 fully saturated rings. The summed E-state index contributed by atoms with van der Waals surface area (Å²) in [5.74, 6) is -0.0429. The van der Waals surface area contributed by atoms with Crippen LogP contribution in [0.4, 0.5) is 0 Å². The lowest BCUT2D eigenvalue weighted by atomic mass is 10.1. The molecule has 0 saturated carbocycles. The van der Waals surface area contributed by atoms with Gasteiger partial charge in [0.1, 0.15) is 6.26 Å². The second-order valence-corrected chi connectivity index (χ2v) is 5.53. The Bertz CT molecular complexity index is 779. The van der Waals surface area contributed by atoms with Gasteiger partial charge in [-0.25, -0.2) is 0 Å². The van der Waals surface area contributed by atoms with E-state index in [1.54, 1.807) is 11.0 Å². The zero-order valence-corrected chi connectivity index (χ0v) is 12.7. The minimum atomic E-state index is -0.0429. The molecule has 0 bridgehead atoms. The van der Waals surface area contributed by atoms with E-state index in [1.165, 1.54) is 12.5 Å². The average Bonchev–Trinajstić information content (AvgIpc) is 3.06. The van der Waals surface area contributed by atoms with E-state index >= 15 is 0 Å². The molecule has 4 heteroatoms. The lowest BCUT2D eigenvalue weighted by Gasteiger charge is -2.26. The summed E-state index contributed by atoms with van der Waals surface area (Å²) in [6.07, 6.45) is 2.99. The molecule has 2 heterocycles. The van der Waals surface area contributed by atoms with Crippen molar-refractivity contribution in [2.24, 2.45) is 0 Å². The molecule has 2 aromatic heterocycles. The Morgan fingerprint density at radius 1 is 1.18 bits per heavy atom. The third-order valence-corrected chi connectivity index (χ3v) is 3.64. The quantitative estimate of drug-likeness (QED) is 0.733. The van der Waals surface area contributed by atoms with Crippen LogP contribution in [0.25, 0.3) is 10.9 Å². The zero-order chi connectivity index (χ0) is 15.5. The molecule has 0 spiro atoms. The maximum atomic E-state index is 12.6. The van der Waals surface area contributed by atoms with Gasteiger partial charge < -0.3 is 9.32 Å². The number of hydrogen-bond acceptors (Lipinski definition) is 3. The summed E-state index contributed by atoms with van der Waals surface area (Å²) >= 11 is 0. The van der Waals surface area contributed by atoms with Crippen molar-refractivity contribution in [3.8, 4) is 0 Å².